The average molecular weight is 485 g/mol. The van der Waals surface area contributed by atoms with Crippen molar-refractivity contribution in [2.45, 2.75) is 40.2 Å². The molecule has 1 aromatic carbocycles. The summed E-state index contributed by atoms with van der Waals surface area (Å²) in [6.07, 6.45) is 0.250. The number of hydrogen-bond donors (Lipinski definition) is 5. The third-order valence-corrected chi connectivity index (χ3v) is 5.13. The number of halogens is 1. The molecule has 0 bridgehead atoms. The number of aromatic nitrogens is 1. The molecule has 1 heterocycles. The van der Waals surface area contributed by atoms with Crippen molar-refractivity contribution in [3.63, 3.8) is 0 Å². The molecule has 0 saturated heterocycles. The third-order valence-electron chi connectivity index (χ3n) is 4.33. The molecule has 9 nitrogen and oxygen atoms in total. The van der Waals surface area contributed by atoms with Gasteiger partial charge in [-0.3, -0.25) is 0 Å². The lowest BCUT2D eigenvalue weighted by atomic mass is 9.92. The molecule has 0 aliphatic carbocycles. The molecule has 0 aliphatic rings. The van der Waals surface area contributed by atoms with Crippen molar-refractivity contribution in [2.75, 3.05) is 13.2 Å². The fraction of sp³-hybridized carbons (Fsp3) is 0.400. The highest BCUT2D eigenvalue weighted by Gasteiger charge is 2.25. The summed E-state index contributed by atoms with van der Waals surface area (Å²) in [5.41, 5.74) is 3.97. The van der Waals surface area contributed by atoms with E-state index in [2.05, 4.69) is 26.2 Å². The van der Waals surface area contributed by atoms with Gasteiger partial charge in [0, 0.05) is 17.8 Å². The van der Waals surface area contributed by atoms with Crippen molar-refractivity contribution in [1.29, 1.82) is 0 Å². The second-order valence-electron chi connectivity index (χ2n) is 5.96. The summed E-state index contributed by atoms with van der Waals surface area (Å²) >= 11 is 3.49. The van der Waals surface area contributed by atoms with E-state index in [4.69, 9.17) is 14.3 Å². The molecule has 0 aliphatic heterocycles. The Morgan fingerprint density at radius 1 is 1.13 bits per heavy atom. The number of nitrogens with one attached hydrogen (secondary N) is 2. The average Bonchev–Trinajstić information content (AvgIpc) is 3.07. The van der Waals surface area contributed by atoms with E-state index >= 15 is 0 Å². The molecule has 0 saturated carbocycles. The molecule has 0 fully saturated rings. The molecule has 0 atom stereocenters. The van der Waals surface area contributed by atoms with Crippen LogP contribution in [0.2, 0.25) is 0 Å². The van der Waals surface area contributed by atoms with Gasteiger partial charge in [0.15, 0.2) is 0 Å². The predicted molar refractivity (Wildman–Crippen MR) is 110 cm³/mol. The summed E-state index contributed by atoms with van der Waals surface area (Å²) in [5.74, 6) is -0.478. The first kappa shape index (κ1) is 25.7. The van der Waals surface area contributed by atoms with Gasteiger partial charge >= 0.3 is 12.1 Å². The van der Waals surface area contributed by atoms with Gasteiger partial charge in [-0.15, -0.1) is 0 Å². The van der Waals surface area contributed by atoms with E-state index in [1.54, 1.807) is 19.1 Å². The molecule has 0 spiro atoms. The largest absolute Gasteiger partial charge is 0.461 e. The summed E-state index contributed by atoms with van der Waals surface area (Å²) in [5, 5.41) is 32.4. The molecule has 10 heteroatoms. The number of esters is 1. The van der Waals surface area contributed by atoms with E-state index < -0.39 is 5.97 Å². The maximum Gasteiger partial charge on any atom is 0.373 e. The second-order valence-corrected chi connectivity index (χ2v) is 6.75. The number of carbonyl (C=O) groups excluding carboxylic acids is 3. The lowest BCUT2D eigenvalue weighted by Crippen LogP contribution is -2.13. The highest BCUT2D eigenvalue weighted by molar-refractivity contribution is 9.10. The van der Waals surface area contributed by atoms with Gasteiger partial charge in [-0.2, -0.15) is 9.59 Å². The Labute approximate surface area is 182 Å². The topological polar surface area (TPSA) is 149 Å². The Morgan fingerprint density at radius 3 is 2.27 bits per heavy atom. The van der Waals surface area contributed by atoms with Gasteiger partial charge < -0.3 is 30.4 Å². The van der Waals surface area contributed by atoms with Crippen LogP contribution in [0.1, 0.15) is 46.7 Å². The maximum absolute atomic E-state index is 12.3. The minimum atomic E-state index is -0.478. The molecular formula is C20H25BrN2O7. The van der Waals surface area contributed by atoms with E-state index in [0.29, 0.717) is 44.5 Å². The fourth-order valence-corrected chi connectivity index (χ4v) is 3.75. The van der Waals surface area contributed by atoms with Crippen LogP contribution in [0.3, 0.4) is 0 Å². The van der Waals surface area contributed by atoms with Crippen molar-refractivity contribution < 1.29 is 34.4 Å². The van der Waals surface area contributed by atoms with Crippen LogP contribution in [0.25, 0.3) is 11.1 Å². The van der Waals surface area contributed by atoms with E-state index in [1.165, 1.54) is 0 Å². The number of aliphatic hydroxyl groups excluding tert-OH is 3. The van der Waals surface area contributed by atoms with Crippen LogP contribution < -0.4 is 5.32 Å². The summed E-state index contributed by atoms with van der Waals surface area (Å²) in [6.45, 7) is 4.32. The number of ether oxygens (including phenoxy) is 1. The standard InChI is InChI=1S/C19H25BrN2O5.CO2/c1-3-21-7-15-16(17(20)18(22-15)19(26)27-4-2)12-6-5-11(8-23)13(9-24)14(12)10-25;2-1-3/h5-6,21-25H,3-4,7-10H2,1-2H3;. The second kappa shape index (κ2) is 13.1. The summed E-state index contributed by atoms with van der Waals surface area (Å²) in [4.78, 5) is 31.6. The number of rotatable bonds is 9. The Hall–Kier alpha value is -2.33. The van der Waals surface area contributed by atoms with Gasteiger partial charge in [0.2, 0.25) is 0 Å². The molecule has 5 N–H and O–H groups in total. The lowest BCUT2D eigenvalue weighted by Gasteiger charge is -2.16. The normalized spacial score (nSPS) is 10.2. The fourth-order valence-electron chi connectivity index (χ4n) is 3.03. The van der Waals surface area contributed by atoms with Gasteiger partial charge in [0.1, 0.15) is 5.69 Å². The molecule has 30 heavy (non-hydrogen) atoms. The summed E-state index contributed by atoms with van der Waals surface area (Å²) < 4.78 is 5.64. The molecule has 164 valence electrons. The van der Waals surface area contributed by atoms with Crippen molar-refractivity contribution >= 4 is 28.1 Å². The van der Waals surface area contributed by atoms with Crippen LogP contribution in [0.5, 0.6) is 0 Å². The molecule has 1 aromatic heterocycles. The van der Waals surface area contributed by atoms with E-state index in [1.807, 2.05) is 6.92 Å². The minimum Gasteiger partial charge on any atom is -0.461 e. The van der Waals surface area contributed by atoms with E-state index in [9.17, 15) is 20.1 Å². The summed E-state index contributed by atoms with van der Waals surface area (Å²) in [7, 11) is 0. The third kappa shape index (κ3) is 5.85. The number of carbonyl (C=O) groups is 1. The quantitative estimate of drug-likeness (QED) is 0.337. The molecule has 0 unspecified atom stereocenters. The minimum absolute atomic E-state index is 0.240. The molecule has 0 radical (unpaired) electrons. The maximum atomic E-state index is 12.3. The Kier molecular flexibility index (Phi) is 11.2. The SMILES string of the molecule is CCNCc1[nH]c(C(=O)OCC)c(Br)c1-c1ccc(CO)c(CO)c1CO.O=C=O. The van der Waals surface area contributed by atoms with E-state index in [-0.39, 0.29) is 32.6 Å². The highest BCUT2D eigenvalue weighted by Crippen LogP contribution is 2.39. The monoisotopic (exact) mass is 484 g/mol. The predicted octanol–water partition coefficient (Wildman–Crippen LogP) is 1.62. The number of aromatic amines is 1. The van der Waals surface area contributed by atoms with Crippen LogP contribution in [0.4, 0.5) is 0 Å². The van der Waals surface area contributed by atoms with Gasteiger partial charge in [-0.25, -0.2) is 4.79 Å². The van der Waals surface area contributed by atoms with Gasteiger partial charge in [-0.05, 0) is 51.7 Å². The first-order chi connectivity index (χ1) is 14.4. The number of H-pyrrole nitrogens is 1. The first-order valence-electron chi connectivity index (χ1n) is 9.19. The van der Waals surface area contributed by atoms with Gasteiger partial charge in [0.05, 0.1) is 30.9 Å². The smallest absolute Gasteiger partial charge is 0.373 e. The zero-order valence-corrected chi connectivity index (χ0v) is 18.3. The van der Waals surface area contributed by atoms with E-state index in [0.717, 1.165) is 12.2 Å². The zero-order valence-electron chi connectivity index (χ0n) is 16.7. The molecular weight excluding hydrogens is 460 g/mol. The van der Waals surface area contributed by atoms with Gasteiger partial charge in [0.25, 0.3) is 0 Å². The van der Waals surface area contributed by atoms with Crippen molar-refractivity contribution in [2.24, 2.45) is 0 Å². The van der Waals surface area contributed by atoms with Crippen LogP contribution in [0, 0.1) is 0 Å². The Balaban J connectivity index is 0.00000141. The molecule has 2 rings (SSSR count). The van der Waals surface area contributed by atoms with Gasteiger partial charge in [-0.1, -0.05) is 19.1 Å². The lowest BCUT2D eigenvalue weighted by molar-refractivity contribution is -0.191. The van der Waals surface area contributed by atoms with Crippen LogP contribution >= 0.6 is 15.9 Å². The van der Waals surface area contributed by atoms with Crippen molar-refractivity contribution in [3.8, 4) is 11.1 Å². The Bertz CT molecular complexity index is 890. The number of aliphatic hydroxyl groups is 3. The molecule has 2 aromatic rings. The highest BCUT2D eigenvalue weighted by atomic mass is 79.9. The summed E-state index contributed by atoms with van der Waals surface area (Å²) in [6, 6.07) is 3.48. The van der Waals surface area contributed by atoms with Crippen molar-refractivity contribution in [1.82, 2.24) is 10.3 Å². The van der Waals surface area contributed by atoms with Crippen LogP contribution in [-0.4, -0.2) is 45.6 Å². The number of hydrogen-bond acceptors (Lipinski definition) is 8. The van der Waals surface area contributed by atoms with Crippen molar-refractivity contribution in [3.05, 3.63) is 44.7 Å². The first-order valence-corrected chi connectivity index (χ1v) is 9.98. The Morgan fingerprint density at radius 2 is 1.77 bits per heavy atom. The molecule has 0 amide bonds. The van der Waals surface area contributed by atoms with Crippen LogP contribution in [-0.2, 0) is 40.7 Å². The number of benzene rings is 1. The van der Waals surface area contributed by atoms with Crippen LogP contribution in [0.15, 0.2) is 16.6 Å². The zero-order chi connectivity index (χ0) is 22.7.